The number of hydrogen-bond acceptors (Lipinski definition) is 2. The molecular formula is C7H7ClF2N2. The Morgan fingerprint density at radius 2 is 2.25 bits per heavy atom. The van der Waals surface area contributed by atoms with Crippen molar-refractivity contribution in [1.29, 1.82) is 0 Å². The third-order valence-corrected chi connectivity index (χ3v) is 1.51. The molecule has 0 saturated heterocycles. The maximum absolute atomic E-state index is 12.6. The minimum atomic E-state index is -2.93. The summed E-state index contributed by atoms with van der Waals surface area (Å²) in [7, 11) is 0. The van der Waals surface area contributed by atoms with Gasteiger partial charge in [-0.1, -0.05) is 0 Å². The van der Waals surface area contributed by atoms with E-state index in [0.717, 1.165) is 6.92 Å². The van der Waals surface area contributed by atoms with Gasteiger partial charge in [0.2, 0.25) is 0 Å². The Balaban J connectivity index is 3.02. The normalized spacial score (nSPS) is 11.7. The largest absolute Gasteiger partial charge is 0.287 e. The second kappa shape index (κ2) is 3.31. The Bertz CT molecular complexity index is 272. The fourth-order valence-corrected chi connectivity index (χ4v) is 0.837. The molecule has 0 aliphatic carbocycles. The van der Waals surface area contributed by atoms with E-state index in [1.165, 1.54) is 12.3 Å². The summed E-state index contributed by atoms with van der Waals surface area (Å²) in [5.74, 6) is -2.66. The van der Waals surface area contributed by atoms with E-state index < -0.39 is 5.92 Å². The molecule has 0 aromatic carbocycles. The van der Waals surface area contributed by atoms with Gasteiger partial charge >= 0.3 is 0 Å². The molecule has 0 unspecified atom stereocenters. The molecule has 0 spiro atoms. The summed E-state index contributed by atoms with van der Waals surface area (Å²) >= 11 is 5.38. The lowest BCUT2D eigenvalue weighted by atomic mass is 10.2. The number of rotatable bonds is 2. The molecule has 1 aromatic rings. The minimum Gasteiger partial charge on any atom is -0.240 e. The summed E-state index contributed by atoms with van der Waals surface area (Å²) in [5.41, 5.74) is -0.298. The molecule has 1 heterocycles. The number of aromatic nitrogens is 2. The van der Waals surface area contributed by atoms with Gasteiger partial charge < -0.3 is 0 Å². The first kappa shape index (κ1) is 9.32. The molecule has 0 bridgehead atoms. The molecule has 66 valence electrons. The summed E-state index contributed by atoms with van der Waals surface area (Å²) in [5, 5.41) is 0. The van der Waals surface area contributed by atoms with Crippen LogP contribution >= 0.6 is 11.6 Å². The third kappa shape index (κ3) is 2.11. The topological polar surface area (TPSA) is 25.8 Å². The van der Waals surface area contributed by atoms with E-state index in [2.05, 4.69) is 9.97 Å². The highest BCUT2D eigenvalue weighted by atomic mass is 35.5. The van der Waals surface area contributed by atoms with Crippen molar-refractivity contribution in [3.05, 3.63) is 23.8 Å². The molecule has 0 atom stereocenters. The molecule has 1 aromatic heterocycles. The zero-order valence-corrected chi connectivity index (χ0v) is 7.15. The standard InChI is InChI=1S/C7H7ClF2N2/c1-7(9,10)5-2-3-11-6(4-8)12-5/h2-3H,4H2,1H3. The van der Waals surface area contributed by atoms with Crippen LogP contribution in [0.1, 0.15) is 18.4 Å². The Hall–Kier alpha value is -0.770. The van der Waals surface area contributed by atoms with E-state index in [4.69, 9.17) is 11.6 Å². The summed E-state index contributed by atoms with van der Waals surface area (Å²) in [6.07, 6.45) is 1.28. The van der Waals surface area contributed by atoms with Crippen molar-refractivity contribution in [3.8, 4) is 0 Å². The first-order valence-corrected chi connectivity index (χ1v) is 3.83. The Morgan fingerprint density at radius 3 is 2.75 bits per heavy atom. The van der Waals surface area contributed by atoms with Crippen LogP contribution in [0.3, 0.4) is 0 Å². The first-order chi connectivity index (χ1) is 5.54. The maximum Gasteiger partial charge on any atom is 0.287 e. The molecule has 5 heteroatoms. The number of alkyl halides is 3. The van der Waals surface area contributed by atoms with Gasteiger partial charge in [0.1, 0.15) is 11.5 Å². The Kier molecular flexibility index (Phi) is 2.57. The van der Waals surface area contributed by atoms with Gasteiger partial charge in [-0.2, -0.15) is 8.78 Å². The van der Waals surface area contributed by atoms with Crippen molar-refractivity contribution < 1.29 is 8.78 Å². The van der Waals surface area contributed by atoms with Gasteiger partial charge in [-0.05, 0) is 6.07 Å². The van der Waals surface area contributed by atoms with Gasteiger partial charge in [-0.15, -0.1) is 11.6 Å². The minimum absolute atomic E-state index is 0.0456. The smallest absolute Gasteiger partial charge is 0.240 e. The zero-order chi connectivity index (χ0) is 9.19. The third-order valence-electron chi connectivity index (χ3n) is 1.27. The highest BCUT2D eigenvalue weighted by Gasteiger charge is 2.26. The van der Waals surface area contributed by atoms with Crippen LogP contribution in [0.5, 0.6) is 0 Å². The van der Waals surface area contributed by atoms with Crippen molar-refractivity contribution in [1.82, 2.24) is 9.97 Å². The molecule has 2 nitrogen and oxygen atoms in total. The van der Waals surface area contributed by atoms with Gasteiger partial charge in [-0.25, -0.2) is 9.97 Å². The van der Waals surface area contributed by atoms with E-state index in [-0.39, 0.29) is 17.4 Å². The van der Waals surface area contributed by atoms with Crippen LogP contribution in [0.4, 0.5) is 8.78 Å². The van der Waals surface area contributed by atoms with Gasteiger partial charge in [0.05, 0.1) is 5.88 Å². The summed E-state index contributed by atoms with van der Waals surface area (Å²) in [6, 6.07) is 1.18. The van der Waals surface area contributed by atoms with Crippen LogP contribution < -0.4 is 0 Å². The molecular weight excluding hydrogens is 186 g/mol. The molecule has 0 aliphatic rings. The number of hydrogen-bond donors (Lipinski definition) is 0. The highest BCUT2D eigenvalue weighted by Crippen LogP contribution is 2.24. The summed E-state index contributed by atoms with van der Waals surface area (Å²) in [4.78, 5) is 7.26. The van der Waals surface area contributed by atoms with E-state index in [1.54, 1.807) is 0 Å². The lowest BCUT2D eigenvalue weighted by Gasteiger charge is -2.08. The average molecular weight is 193 g/mol. The van der Waals surface area contributed by atoms with Gasteiger partial charge in [-0.3, -0.25) is 0 Å². The maximum atomic E-state index is 12.6. The fourth-order valence-electron chi connectivity index (χ4n) is 0.708. The second-order valence-electron chi connectivity index (χ2n) is 2.38. The van der Waals surface area contributed by atoms with E-state index in [0.29, 0.717) is 0 Å². The van der Waals surface area contributed by atoms with Crippen LogP contribution in [0.2, 0.25) is 0 Å². The quantitative estimate of drug-likeness (QED) is 0.673. The lowest BCUT2D eigenvalue weighted by molar-refractivity contribution is 0.0124. The van der Waals surface area contributed by atoms with Crippen LogP contribution in [-0.2, 0) is 11.8 Å². The van der Waals surface area contributed by atoms with Crippen LogP contribution in [0, 0.1) is 0 Å². The lowest BCUT2D eigenvalue weighted by Crippen LogP contribution is -2.11. The summed E-state index contributed by atoms with van der Waals surface area (Å²) < 4.78 is 25.3. The molecule has 0 saturated carbocycles. The Morgan fingerprint density at radius 1 is 1.58 bits per heavy atom. The molecule has 0 N–H and O–H groups in total. The number of nitrogens with zero attached hydrogens (tertiary/aromatic N) is 2. The van der Waals surface area contributed by atoms with E-state index >= 15 is 0 Å². The van der Waals surface area contributed by atoms with Crippen LogP contribution in [0.25, 0.3) is 0 Å². The molecule has 0 fully saturated rings. The van der Waals surface area contributed by atoms with Crippen LogP contribution in [0.15, 0.2) is 12.3 Å². The molecule has 0 aliphatic heterocycles. The first-order valence-electron chi connectivity index (χ1n) is 3.30. The molecule has 1 rings (SSSR count). The van der Waals surface area contributed by atoms with Gasteiger partial charge in [0.15, 0.2) is 0 Å². The summed E-state index contributed by atoms with van der Waals surface area (Å²) in [6.45, 7) is 0.785. The van der Waals surface area contributed by atoms with Crippen molar-refractivity contribution in [2.75, 3.05) is 0 Å². The molecule has 12 heavy (non-hydrogen) atoms. The fraction of sp³-hybridized carbons (Fsp3) is 0.429. The van der Waals surface area contributed by atoms with Crippen LogP contribution in [-0.4, -0.2) is 9.97 Å². The van der Waals surface area contributed by atoms with Crippen molar-refractivity contribution in [2.24, 2.45) is 0 Å². The van der Waals surface area contributed by atoms with Crippen molar-refractivity contribution in [3.63, 3.8) is 0 Å². The van der Waals surface area contributed by atoms with Crippen molar-refractivity contribution >= 4 is 11.6 Å². The molecule has 0 radical (unpaired) electrons. The van der Waals surface area contributed by atoms with Crippen molar-refractivity contribution in [2.45, 2.75) is 18.7 Å². The zero-order valence-electron chi connectivity index (χ0n) is 6.39. The highest BCUT2D eigenvalue weighted by molar-refractivity contribution is 6.16. The average Bonchev–Trinajstić information content (AvgIpc) is 2.03. The predicted octanol–water partition coefficient (Wildman–Crippen LogP) is 2.33. The monoisotopic (exact) mass is 192 g/mol. The second-order valence-corrected chi connectivity index (χ2v) is 2.65. The Labute approximate surface area is 73.6 Å². The molecule has 0 amide bonds. The number of halogens is 3. The van der Waals surface area contributed by atoms with E-state index in [9.17, 15) is 8.78 Å². The SMILES string of the molecule is CC(F)(F)c1ccnc(CCl)n1. The predicted molar refractivity (Wildman–Crippen MR) is 41.2 cm³/mol. The van der Waals surface area contributed by atoms with Gasteiger partial charge in [0.25, 0.3) is 5.92 Å². The van der Waals surface area contributed by atoms with Gasteiger partial charge in [0, 0.05) is 13.1 Å². The van der Waals surface area contributed by atoms with E-state index in [1.807, 2.05) is 0 Å².